The predicted molar refractivity (Wildman–Crippen MR) is 98.1 cm³/mol. The fourth-order valence-corrected chi connectivity index (χ4v) is 2.79. The molecule has 1 heterocycles. The molecule has 0 bridgehead atoms. The van der Waals surface area contributed by atoms with Crippen molar-refractivity contribution in [3.63, 3.8) is 0 Å². The third kappa shape index (κ3) is 4.41. The smallest absolute Gasteiger partial charge is 0.253 e. The Hall–Kier alpha value is -1.75. The Labute approximate surface area is 153 Å². The van der Waals surface area contributed by atoms with Crippen molar-refractivity contribution in [1.82, 2.24) is 10.2 Å². The minimum absolute atomic E-state index is 0. The van der Waals surface area contributed by atoms with Gasteiger partial charge >= 0.3 is 0 Å². The number of carbonyl (C=O) groups excluding carboxylic acids is 1. The Kier molecular flexibility index (Phi) is 6.49. The standard InChI is InChI=1S/C18H19ClN2O2.ClH/c1-21(7-8-23-17-4-2-3-16(19)10-17)18(22)13-5-6-14-11-20-12-15(14)9-13;/h2-6,9-10,20H,7-8,11-12H2,1H3;1H. The van der Waals surface area contributed by atoms with Crippen LogP contribution in [0.1, 0.15) is 21.5 Å². The number of hydrogen-bond donors (Lipinski definition) is 1. The summed E-state index contributed by atoms with van der Waals surface area (Å²) in [6.45, 7) is 2.65. The summed E-state index contributed by atoms with van der Waals surface area (Å²) in [4.78, 5) is 14.1. The van der Waals surface area contributed by atoms with Crippen molar-refractivity contribution in [3.05, 3.63) is 64.2 Å². The lowest BCUT2D eigenvalue weighted by molar-refractivity contribution is 0.0773. The van der Waals surface area contributed by atoms with Crippen LogP contribution in [0.5, 0.6) is 5.75 Å². The average molecular weight is 367 g/mol. The highest BCUT2D eigenvalue weighted by molar-refractivity contribution is 6.30. The quantitative estimate of drug-likeness (QED) is 0.879. The monoisotopic (exact) mass is 366 g/mol. The van der Waals surface area contributed by atoms with E-state index in [1.54, 1.807) is 24.1 Å². The third-order valence-corrected chi connectivity index (χ3v) is 4.16. The van der Waals surface area contributed by atoms with Gasteiger partial charge in [0.25, 0.3) is 5.91 Å². The summed E-state index contributed by atoms with van der Waals surface area (Å²) in [6.07, 6.45) is 0. The summed E-state index contributed by atoms with van der Waals surface area (Å²) >= 11 is 5.91. The first kappa shape index (κ1) is 18.6. The Morgan fingerprint density at radius 1 is 1.21 bits per heavy atom. The molecule has 2 aromatic carbocycles. The van der Waals surface area contributed by atoms with E-state index in [0.717, 1.165) is 18.7 Å². The van der Waals surface area contributed by atoms with Crippen LogP contribution in [0.4, 0.5) is 0 Å². The largest absolute Gasteiger partial charge is 0.492 e. The van der Waals surface area contributed by atoms with Gasteiger partial charge in [-0.3, -0.25) is 4.79 Å². The number of halogens is 2. The third-order valence-electron chi connectivity index (χ3n) is 3.92. The number of carbonyl (C=O) groups is 1. The number of ether oxygens (including phenoxy) is 1. The van der Waals surface area contributed by atoms with E-state index in [2.05, 4.69) is 5.32 Å². The van der Waals surface area contributed by atoms with E-state index >= 15 is 0 Å². The van der Waals surface area contributed by atoms with E-state index in [1.807, 2.05) is 30.3 Å². The number of nitrogens with one attached hydrogen (secondary N) is 1. The zero-order valence-electron chi connectivity index (χ0n) is 13.4. The fraction of sp³-hybridized carbons (Fsp3) is 0.278. The van der Waals surface area contributed by atoms with E-state index in [4.69, 9.17) is 16.3 Å². The number of nitrogens with zero attached hydrogens (tertiary/aromatic N) is 1. The van der Waals surface area contributed by atoms with Gasteiger partial charge in [0.15, 0.2) is 0 Å². The van der Waals surface area contributed by atoms with Crippen LogP contribution < -0.4 is 10.1 Å². The van der Waals surface area contributed by atoms with E-state index < -0.39 is 0 Å². The first-order valence-electron chi connectivity index (χ1n) is 7.60. The molecule has 4 nitrogen and oxygen atoms in total. The van der Waals surface area contributed by atoms with Gasteiger partial charge in [0.1, 0.15) is 12.4 Å². The second-order valence-electron chi connectivity index (χ2n) is 5.62. The van der Waals surface area contributed by atoms with Crippen LogP contribution in [-0.2, 0) is 13.1 Å². The zero-order valence-corrected chi connectivity index (χ0v) is 15.0. The van der Waals surface area contributed by atoms with Gasteiger partial charge in [-0.25, -0.2) is 0 Å². The van der Waals surface area contributed by atoms with Crippen LogP contribution in [0.25, 0.3) is 0 Å². The number of amides is 1. The molecule has 0 atom stereocenters. The van der Waals surface area contributed by atoms with Gasteiger partial charge in [0.2, 0.25) is 0 Å². The normalized spacial score (nSPS) is 12.2. The highest BCUT2D eigenvalue weighted by Crippen LogP contribution is 2.19. The second-order valence-corrected chi connectivity index (χ2v) is 6.06. The molecule has 0 saturated carbocycles. The topological polar surface area (TPSA) is 41.6 Å². The molecule has 1 amide bonds. The lowest BCUT2D eigenvalue weighted by atomic mass is 10.1. The van der Waals surface area contributed by atoms with Crippen molar-refractivity contribution in [1.29, 1.82) is 0 Å². The molecule has 0 aliphatic carbocycles. The molecule has 1 aliphatic rings. The molecule has 128 valence electrons. The van der Waals surface area contributed by atoms with Crippen LogP contribution >= 0.6 is 24.0 Å². The van der Waals surface area contributed by atoms with Crippen molar-refractivity contribution < 1.29 is 9.53 Å². The van der Waals surface area contributed by atoms with Gasteiger partial charge < -0.3 is 15.0 Å². The Bertz CT molecular complexity index is 722. The average Bonchev–Trinajstić information content (AvgIpc) is 3.01. The van der Waals surface area contributed by atoms with Crippen molar-refractivity contribution >= 4 is 29.9 Å². The predicted octanol–water partition coefficient (Wildman–Crippen LogP) is 3.52. The van der Waals surface area contributed by atoms with Crippen molar-refractivity contribution in [3.8, 4) is 5.75 Å². The summed E-state index contributed by atoms with van der Waals surface area (Å²) in [5.74, 6) is 0.719. The highest BCUT2D eigenvalue weighted by Gasteiger charge is 2.16. The molecule has 0 aromatic heterocycles. The summed E-state index contributed by atoms with van der Waals surface area (Å²) < 4.78 is 5.63. The molecule has 0 saturated heterocycles. The van der Waals surface area contributed by atoms with Gasteiger partial charge in [0, 0.05) is 30.7 Å². The highest BCUT2D eigenvalue weighted by atomic mass is 35.5. The Balaban J connectivity index is 0.00000208. The van der Waals surface area contributed by atoms with Crippen LogP contribution in [0.2, 0.25) is 5.02 Å². The molecule has 3 rings (SSSR count). The molecule has 0 radical (unpaired) electrons. The molecule has 6 heteroatoms. The van der Waals surface area contributed by atoms with Gasteiger partial charge in [-0.15, -0.1) is 12.4 Å². The fourth-order valence-electron chi connectivity index (χ4n) is 2.61. The minimum atomic E-state index is 0. The summed E-state index contributed by atoms with van der Waals surface area (Å²) in [5.41, 5.74) is 3.20. The molecule has 2 aromatic rings. The summed E-state index contributed by atoms with van der Waals surface area (Å²) in [5, 5.41) is 3.92. The molecule has 1 aliphatic heterocycles. The maximum Gasteiger partial charge on any atom is 0.253 e. The summed E-state index contributed by atoms with van der Waals surface area (Å²) in [6, 6.07) is 13.1. The zero-order chi connectivity index (χ0) is 16.2. The van der Waals surface area contributed by atoms with E-state index in [9.17, 15) is 4.79 Å². The van der Waals surface area contributed by atoms with Crippen molar-refractivity contribution in [2.45, 2.75) is 13.1 Å². The van der Waals surface area contributed by atoms with Crippen LogP contribution in [0.3, 0.4) is 0 Å². The van der Waals surface area contributed by atoms with E-state index in [-0.39, 0.29) is 18.3 Å². The van der Waals surface area contributed by atoms with Gasteiger partial charge in [0.05, 0.1) is 6.54 Å². The number of likely N-dealkylation sites (N-methyl/N-ethyl adjacent to an activating group) is 1. The lowest BCUT2D eigenvalue weighted by Gasteiger charge is -2.18. The number of fused-ring (bicyclic) bond motifs is 1. The SMILES string of the molecule is CN(CCOc1cccc(Cl)c1)C(=O)c1ccc2c(c1)CNC2.Cl. The lowest BCUT2D eigenvalue weighted by Crippen LogP contribution is -2.31. The van der Waals surface area contributed by atoms with Gasteiger partial charge in [-0.05, 0) is 41.5 Å². The molecule has 0 spiro atoms. The molecular weight excluding hydrogens is 347 g/mol. The maximum absolute atomic E-state index is 12.5. The molecular formula is C18H20Cl2N2O2. The Morgan fingerprint density at radius 2 is 2.00 bits per heavy atom. The van der Waals surface area contributed by atoms with Crippen LogP contribution in [0.15, 0.2) is 42.5 Å². The number of benzene rings is 2. The van der Waals surface area contributed by atoms with Crippen molar-refractivity contribution in [2.24, 2.45) is 0 Å². The molecule has 24 heavy (non-hydrogen) atoms. The molecule has 0 unspecified atom stereocenters. The second kappa shape index (κ2) is 8.38. The van der Waals surface area contributed by atoms with E-state index in [0.29, 0.717) is 23.9 Å². The summed E-state index contributed by atoms with van der Waals surface area (Å²) in [7, 11) is 1.79. The molecule has 1 N–H and O–H groups in total. The first-order chi connectivity index (χ1) is 11.1. The van der Waals surface area contributed by atoms with Gasteiger partial charge in [-0.2, -0.15) is 0 Å². The minimum Gasteiger partial charge on any atom is -0.492 e. The van der Waals surface area contributed by atoms with Crippen LogP contribution in [0, 0.1) is 0 Å². The molecule has 0 fully saturated rings. The number of hydrogen-bond acceptors (Lipinski definition) is 3. The van der Waals surface area contributed by atoms with E-state index in [1.165, 1.54) is 11.1 Å². The maximum atomic E-state index is 12.5. The Morgan fingerprint density at radius 3 is 2.79 bits per heavy atom. The van der Waals surface area contributed by atoms with Crippen LogP contribution in [-0.4, -0.2) is 31.0 Å². The van der Waals surface area contributed by atoms with Crippen molar-refractivity contribution in [2.75, 3.05) is 20.2 Å². The first-order valence-corrected chi connectivity index (χ1v) is 7.97. The number of rotatable bonds is 5. The van der Waals surface area contributed by atoms with Gasteiger partial charge in [-0.1, -0.05) is 23.7 Å².